The summed E-state index contributed by atoms with van der Waals surface area (Å²) >= 11 is 0. The first-order chi connectivity index (χ1) is 42.6. The van der Waals surface area contributed by atoms with Crippen molar-refractivity contribution in [2.45, 2.75) is 374 Å². The topological polar surface area (TPSA) is 237 Å². The molecule has 0 fully saturated rings. The Balaban J connectivity index is 5.08. The molecule has 0 rings (SSSR count). The normalized spacial score (nSPS) is 14.4. The summed E-state index contributed by atoms with van der Waals surface area (Å²) < 4.78 is 68.0. The van der Waals surface area contributed by atoms with Crippen LogP contribution in [0.5, 0.6) is 0 Å². The zero-order valence-corrected chi connectivity index (χ0v) is 58.6. The van der Waals surface area contributed by atoms with E-state index in [1.807, 2.05) is 0 Å². The number of carbonyl (C=O) groups excluding carboxylic acids is 4. The van der Waals surface area contributed by atoms with Crippen LogP contribution in [0.15, 0.2) is 0 Å². The summed E-state index contributed by atoms with van der Waals surface area (Å²) in [4.78, 5) is 72.1. The molecule has 17 nitrogen and oxygen atoms in total. The van der Waals surface area contributed by atoms with E-state index in [0.29, 0.717) is 25.7 Å². The standard InChI is InChI=1S/C69H134O17P2/c1-6-10-13-16-19-20-21-22-23-24-25-26-27-28-29-30-31-32-33-40-45-50-55-69(74)86-65(59-80-67(72)53-48-43-39-35-34-38-41-46-51-62(5)9-4)61-84-88(77,78)82-57-63(70)56-81-87(75,76)83-60-64(85-68(73)54-49-44-37-18-15-12-8-3)58-79-66(71)52-47-42-36-17-14-11-7-2/h62-65,70H,6-61H2,1-5H3,(H,75,76)(H,77,78)/t62?,63-,64+,65+/m0/s1. The Hall–Kier alpha value is -1.94. The predicted molar refractivity (Wildman–Crippen MR) is 354 cm³/mol. The second-order valence-electron chi connectivity index (χ2n) is 25.2. The second-order valence-corrected chi connectivity index (χ2v) is 28.1. The van der Waals surface area contributed by atoms with Gasteiger partial charge in [0.2, 0.25) is 0 Å². The van der Waals surface area contributed by atoms with Crippen LogP contribution in [0.4, 0.5) is 0 Å². The van der Waals surface area contributed by atoms with Crippen LogP contribution in [-0.2, 0) is 65.4 Å². The SMILES string of the molecule is CCCCCCCCCCCCCCCCCCCCCCCCC(=O)O[C@H](COC(=O)CCCCCCCCCCC(C)CC)COP(=O)(O)OC[C@@H](O)COP(=O)(O)OC[C@@H](COC(=O)CCCCCCCCC)OC(=O)CCCCCCCCC. The molecule has 3 unspecified atom stereocenters. The van der Waals surface area contributed by atoms with Gasteiger partial charge in [-0.15, -0.1) is 0 Å². The van der Waals surface area contributed by atoms with E-state index < -0.39 is 97.5 Å². The Morgan fingerprint density at radius 3 is 0.807 bits per heavy atom. The fraction of sp³-hybridized carbons (Fsp3) is 0.942. The van der Waals surface area contributed by atoms with Crippen LogP contribution in [-0.4, -0.2) is 96.7 Å². The Morgan fingerprint density at radius 2 is 0.545 bits per heavy atom. The molecule has 3 N–H and O–H groups in total. The summed E-state index contributed by atoms with van der Waals surface area (Å²) in [5, 5.41) is 10.5. The molecule has 0 aliphatic rings. The van der Waals surface area contributed by atoms with Crippen LogP contribution in [0.3, 0.4) is 0 Å². The molecule has 88 heavy (non-hydrogen) atoms. The maximum Gasteiger partial charge on any atom is 0.472 e. The minimum atomic E-state index is -4.95. The number of aliphatic hydroxyl groups is 1. The number of phosphoric acid groups is 2. The van der Waals surface area contributed by atoms with Gasteiger partial charge in [0, 0.05) is 25.7 Å². The second kappa shape index (κ2) is 62.5. The molecular weight excluding hydrogens is 1160 g/mol. The molecule has 0 aromatic heterocycles. The molecule has 0 aliphatic carbocycles. The number of carbonyl (C=O) groups is 4. The molecule has 6 atom stereocenters. The van der Waals surface area contributed by atoms with Crippen molar-refractivity contribution in [3.05, 3.63) is 0 Å². The number of rotatable bonds is 69. The summed E-state index contributed by atoms with van der Waals surface area (Å²) in [6.07, 6.45) is 49.1. The Bertz CT molecular complexity index is 1710. The summed E-state index contributed by atoms with van der Waals surface area (Å²) in [5.74, 6) is -1.36. The van der Waals surface area contributed by atoms with Gasteiger partial charge in [-0.1, -0.05) is 304 Å². The van der Waals surface area contributed by atoms with Crippen LogP contribution < -0.4 is 0 Å². The molecule has 522 valence electrons. The molecule has 0 aromatic carbocycles. The minimum Gasteiger partial charge on any atom is -0.462 e. The predicted octanol–water partition coefficient (Wildman–Crippen LogP) is 19.7. The zero-order chi connectivity index (χ0) is 64.9. The first-order valence-corrected chi connectivity index (χ1v) is 39.2. The van der Waals surface area contributed by atoms with Crippen molar-refractivity contribution in [1.29, 1.82) is 0 Å². The first-order valence-electron chi connectivity index (χ1n) is 36.2. The van der Waals surface area contributed by atoms with Crippen molar-refractivity contribution in [3.8, 4) is 0 Å². The van der Waals surface area contributed by atoms with E-state index >= 15 is 0 Å². The molecule has 0 aliphatic heterocycles. The lowest BCUT2D eigenvalue weighted by Gasteiger charge is -2.21. The molecule has 0 aromatic rings. The molecule has 0 amide bonds. The smallest absolute Gasteiger partial charge is 0.462 e. The summed E-state index contributed by atoms with van der Waals surface area (Å²) in [6, 6.07) is 0. The number of esters is 4. The monoisotopic (exact) mass is 1300 g/mol. The minimum absolute atomic E-state index is 0.103. The first kappa shape index (κ1) is 86.1. The number of unbranched alkanes of at least 4 members (excludes halogenated alkanes) is 40. The van der Waals surface area contributed by atoms with Gasteiger partial charge < -0.3 is 33.8 Å². The van der Waals surface area contributed by atoms with Gasteiger partial charge in [0.15, 0.2) is 12.2 Å². The van der Waals surface area contributed by atoms with Crippen molar-refractivity contribution < 1.29 is 80.2 Å². The average molecular weight is 1300 g/mol. The molecule has 0 heterocycles. The Labute approximate surface area is 537 Å². The molecule has 19 heteroatoms. The van der Waals surface area contributed by atoms with E-state index in [1.165, 1.54) is 154 Å². The lowest BCUT2D eigenvalue weighted by Crippen LogP contribution is -2.30. The highest BCUT2D eigenvalue weighted by atomic mass is 31.2. The zero-order valence-electron chi connectivity index (χ0n) is 56.9. The van der Waals surface area contributed by atoms with Crippen LogP contribution in [0, 0.1) is 5.92 Å². The maximum absolute atomic E-state index is 13.0. The molecule has 0 saturated heterocycles. The third-order valence-corrected chi connectivity index (χ3v) is 18.3. The van der Waals surface area contributed by atoms with Crippen molar-refractivity contribution in [3.63, 3.8) is 0 Å². The highest BCUT2D eigenvalue weighted by Gasteiger charge is 2.30. The number of hydrogen-bond donors (Lipinski definition) is 3. The van der Waals surface area contributed by atoms with Gasteiger partial charge >= 0.3 is 39.5 Å². The van der Waals surface area contributed by atoms with Gasteiger partial charge in [-0.05, 0) is 31.6 Å². The van der Waals surface area contributed by atoms with Crippen LogP contribution in [0.1, 0.15) is 356 Å². The highest BCUT2D eigenvalue weighted by molar-refractivity contribution is 7.47. The van der Waals surface area contributed by atoms with Gasteiger partial charge in [0.05, 0.1) is 26.4 Å². The summed E-state index contributed by atoms with van der Waals surface area (Å²) in [6.45, 7) is 7.14. The van der Waals surface area contributed by atoms with Crippen molar-refractivity contribution >= 4 is 39.5 Å². The fourth-order valence-corrected chi connectivity index (χ4v) is 12.0. The average Bonchev–Trinajstić information content (AvgIpc) is 3.70. The number of hydrogen-bond acceptors (Lipinski definition) is 15. The van der Waals surface area contributed by atoms with E-state index in [0.717, 1.165) is 121 Å². The lowest BCUT2D eigenvalue weighted by atomic mass is 9.99. The van der Waals surface area contributed by atoms with Gasteiger partial charge in [0.25, 0.3) is 0 Å². The van der Waals surface area contributed by atoms with Gasteiger partial charge in [-0.3, -0.25) is 37.3 Å². The van der Waals surface area contributed by atoms with Crippen molar-refractivity contribution in [2.75, 3.05) is 39.6 Å². The van der Waals surface area contributed by atoms with E-state index in [9.17, 15) is 43.2 Å². The van der Waals surface area contributed by atoms with E-state index in [4.69, 9.17) is 37.0 Å². The van der Waals surface area contributed by atoms with Crippen molar-refractivity contribution in [2.24, 2.45) is 5.92 Å². The third kappa shape index (κ3) is 61.6. The molecule has 0 bridgehead atoms. The molecule has 0 radical (unpaired) electrons. The number of aliphatic hydroxyl groups excluding tert-OH is 1. The van der Waals surface area contributed by atoms with Gasteiger partial charge in [0.1, 0.15) is 19.3 Å². The number of phosphoric ester groups is 2. The maximum atomic E-state index is 13.0. The lowest BCUT2D eigenvalue weighted by molar-refractivity contribution is -0.161. The molecular formula is C69H134O17P2. The van der Waals surface area contributed by atoms with E-state index in [-0.39, 0.29) is 25.7 Å². The molecule has 0 spiro atoms. The van der Waals surface area contributed by atoms with Crippen LogP contribution in [0.2, 0.25) is 0 Å². The summed E-state index contributed by atoms with van der Waals surface area (Å²) in [5.41, 5.74) is 0. The molecule has 0 saturated carbocycles. The van der Waals surface area contributed by atoms with Crippen LogP contribution in [0.25, 0.3) is 0 Å². The Morgan fingerprint density at radius 1 is 0.318 bits per heavy atom. The summed E-state index contributed by atoms with van der Waals surface area (Å²) in [7, 11) is -9.88. The Kier molecular flexibility index (Phi) is 61.1. The van der Waals surface area contributed by atoms with Crippen LogP contribution >= 0.6 is 15.6 Å². The largest absolute Gasteiger partial charge is 0.472 e. The fourth-order valence-electron chi connectivity index (χ4n) is 10.4. The highest BCUT2D eigenvalue weighted by Crippen LogP contribution is 2.45. The van der Waals surface area contributed by atoms with E-state index in [1.54, 1.807) is 0 Å². The quantitative estimate of drug-likeness (QED) is 0.0222. The number of ether oxygens (including phenoxy) is 4. The van der Waals surface area contributed by atoms with Crippen molar-refractivity contribution in [1.82, 2.24) is 0 Å². The van der Waals surface area contributed by atoms with E-state index in [2.05, 4.69) is 34.6 Å². The van der Waals surface area contributed by atoms with Gasteiger partial charge in [-0.25, -0.2) is 9.13 Å². The van der Waals surface area contributed by atoms with Gasteiger partial charge in [-0.2, -0.15) is 0 Å². The third-order valence-electron chi connectivity index (χ3n) is 16.4.